The molecule has 0 amide bonds. The van der Waals surface area contributed by atoms with Crippen molar-refractivity contribution in [2.75, 3.05) is 18.2 Å². The molecule has 0 unspecified atom stereocenters. The molecule has 2 aromatic carbocycles. The third kappa shape index (κ3) is 2.95. The molecule has 3 N–H and O–H groups in total. The lowest BCUT2D eigenvalue weighted by Crippen LogP contribution is -2.02. The van der Waals surface area contributed by atoms with Crippen molar-refractivity contribution in [1.29, 1.82) is 5.26 Å². The SMILES string of the molecule is COc1ccc(CNc2cccc(Cl)c2C#N)cc1N. The smallest absolute Gasteiger partial charge is 0.141 e. The van der Waals surface area contributed by atoms with Gasteiger partial charge in [0.05, 0.1) is 29.1 Å². The zero-order chi connectivity index (χ0) is 14.5. The summed E-state index contributed by atoms with van der Waals surface area (Å²) in [6, 6.07) is 13.0. The summed E-state index contributed by atoms with van der Waals surface area (Å²) in [6.45, 7) is 0.545. The Bertz CT molecular complexity index is 665. The number of nitrogens with two attached hydrogens (primary N) is 1. The molecule has 0 saturated heterocycles. The van der Waals surface area contributed by atoms with E-state index in [-0.39, 0.29) is 0 Å². The Morgan fingerprint density at radius 2 is 2.15 bits per heavy atom. The summed E-state index contributed by atoms with van der Waals surface area (Å²) in [5.41, 5.74) is 8.57. The first-order valence-corrected chi connectivity index (χ1v) is 6.38. The Morgan fingerprint density at radius 1 is 1.35 bits per heavy atom. The van der Waals surface area contributed by atoms with Gasteiger partial charge in [-0.05, 0) is 29.8 Å². The summed E-state index contributed by atoms with van der Waals surface area (Å²) in [5, 5.41) is 12.7. The molecule has 2 aromatic rings. The lowest BCUT2D eigenvalue weighted by Gasteiger charge is -2.11. The fraction of sp³-hybridized carbons (Fsp3) is 0.133. The second-order valence-corrected chi connectivity index (χ2v) is 4.61. The molecular weight excluding hydrogens is 274 g/mol. The number of hydrogen-bond donors (Lipinski definition) is 2. The highest BCUT2D eigenvalue weighted by molar-refractivity contribution is 6.32. The topological polar surface area (TPSA) is 71.1 Å². The molecule has 0 saturated carbocycles. The molecule has 5 heteroatoms. The number of hydrogen-bond acceptors (Lipinski definition) is 4. The fourth-order valence-electron chi connectivity index (χ4n) is 1.88. The van der Waals surface area contributed by atoms with Crippen LogP contribution in [0.4, 0.5) is 11.4 Å². The average Bonchev–Trinajstić information content (AvgIpc) is 2.45. The number of nitrogens with one attached hydrogen (secondary N) is 1. The zero-order valence-electron chi connectivity index (χ0n) is 11.0. The van der Waals surface area contributed by atoms with Crippen LogP contribution < -0.4 is 15.8 Å². The highest BCUT2D eigenvalue weighted by Crippen LogP contribution is 2.25. The number of nitrogens with zero attached hydrogens (tertiary/aromatic N) is 1. The summed E-state index contributed by atoms with van der Waals surface area (Å²) >= 11 is 5.98. The van der Waals surface area contributed by atoms with Gasteiger partial charge in [0.2, 0.25) is 0 Å². The van der Waals surface area contributed by atoms with Gasteiger partial charge in [0.25, 0.3) is 0 Å². The Kier molecular flexibility index (Phi) is 4.34. The van der Waals surface area contributed by atoms with Crippen LogP contribution in [0.3, 0.4) is 0 Å². The van der Waals surface area contributed by atoms with Crippen molar-refractivity contribution in [1.82, 2.24) is 0 Å². The molecule has 0 aliphatic rings. The third-order valence-electron chi connectivity index (χ3n) is 2.90. The maximum Gasteiger partial charge on any atom is 0.141 e. The van der Waals surface area contributed by atoms with Crippen LogP contribution in [0.1, 0.15) is 11.1 Å². The van der Waals surface area contributed by atoms with Crippen molar-refractivity contribution >= 4 is 23.0 Å². The third-order valence-corrected chi connectivity index (χ3v) is 3.22. The molecule has 0 aromatic heterocycles. The largest absolute Gasteiger partial charge is 0.495 e. The van der Waals surface area contributed by atoms with Crippen LogP contribution in [0.15, 0.2) is 36.4 Å². The first-order valence-electron chi connectivity index (χ1n) is 6.00. The number of benzene rings is 2. The summed E-state index contributed by atoms with van der Waals surface area (Å²) in [7, 11) is 1.58. The second kappa shape index (κ2) is 6.18. The van der Waals surface area contributed by atoms with Gasteiger partial charge < -0.3 is 15.8 Å². The van der Waals surface area contributed by atoms with E-state index < -0.39 is 0 Å². The fourth-order valence-corrected chi connectivity index (χ4v) is 2.09. The number of methoxy groups -OCH3 is 1. The molecule has 4 nitrogen and oxygen atoms in total. The van der Waals surface area contributed by atoms with Gasteiger partial charge in [-0.2, -0.15) is 5.26 Å². The van der Waals surface area contributed by atoms with E-state index in [2.05, 4.69) is 11.4 Å². The Labute approximate surface area is 122 Å². The highest BCUT2D eigenvalue weighted by Gasteiger charge is 2.06. The van der Waals surface area contributed by atoms with Crippen LogP contribution in [-0.2, 0) is 6.54 Å². The number of rotatable bonds is 4. The van der Waals surface area contributed by atoms with E-state index in [4.69, 9.17) is 27.3 Å². The molecule has 0 aliphatic carbocycles. The molecule has 0 atom stereocenters. The van der Waals surface area contributed by atoms with Crippen LogP contribution in [0.25, 0.3) is 0 Å². The number of ether oxygens (including phenoxy) is 1. The van der Waals surface area contributed by atoms with Gasteiger partial charge in [-0.3, -0.25) is 0 Å². The number of nitriles is 1. The quantitative estimate of drug-likeness (QED) is 0.845. The maximum atomic E-state index is 9.10. The first kappa shape index (κ1) is 14.0. The minimum absolute atomic E-state index is 0.437. The van der Waals surface area contributed by atoms with Gasteiger partial charge in [-0.1, -0.05) is 23.7 Å². The average molecular weight is 288 g/mol. The van der Waals surface area contributed by atoms with Crippen molar-refractivity contribution < 1.29 is 4.74 Å². The summed E-state index contributed by atoms with van der Waals surface area (Å²) in [5.74, 6) is 0.647. The van der Waals surface area contributed by atoms with Crippen molar-refractivity contribution in [3.05, 3.63) is 52.5 Å². The van der Waals surface area contributed by atoms with Gasteiger partial charge in [0, 0.05) is 6.54 Å². The van der Waals surface area contributed by atoms with Crippen LogP contribution in [0, 0.1) is 11.3 Å². The molecule has 0 radical (unpaired) electrons. The van der Waals surface area contributed by atoms with Gasteiger partial charge in [-0.25, -0.2) is 0 Å². The molecule has 2 rings (SSSR count). The van der Waals surface area contributed by atoms with Crippen molar-refractivity contribution in [2.24, 2.45) is 0 Å². The minimum Gasteiger partial charge on any atom is -0.495 e. The number of halogens is 1. The predicted octanol–water partition coefficient (Wildman–Crippen LogP) is 3.41. The molecule has 20 heavy (non-hydrogen) atoms. The number of anilines is 2. The maximum absolute atomic E-state index is 9.10. The predicted molar refractivity (Wildman–Crippen MR) is 80.9 cm³/mol. The van der Waals surface area contributed by atoms with E-state index in [0.29, 0.717) is 34.3 Å². The van der Waals surface area contributed by atoms with Gasteiger partial charge in [0.1, 0.15) is 11.8 Å². The standard InChI is InChI=1S/C15H14ClN3O/c1-20-15-6-5-10(7-13(15)18)9-19-14-4-2-3-12(16)11(14)8-17/h2-7,19H,9,18H2,1H3. The Hall–Kier alpha value is -2.38. The number of nitrogen functional groups attached to an aromatic ring is 1. The van der Waals surface area contributed by atoms with E-state index >= 15 is 0 Å². The lowest BCUT2D eigenvalue weighted by molar-refractivity contribution is 0.417. The van der Waals surface area contributed by atoms with Gasteiger partial charge >= 0.3 is 0 Å². The van der Waals surface area contributed by atoms with E-state index in [1.54, 1.807) is 19.2 Å². The van der Waals surface area contributed by atoms with E-state index in [1.165, 1.54) is 0 Å². The van der Waals surface area contributed by atoms with Crippen LogP contribution in [-0.4, -0.2) is 7.11 Å². The molecule has 0 bridgehead atoms. The molecule has 102 valence electrons. The van der Waals surface area contributed by atoms with E-state index in [9.17, 15) is 0 Å². The van der Waals surface area contributed by atoms with Crippen molar-refractivity contribution in [2.45, 2.75) is 6.54 Å². The zero-order valence-corrected chi connectivity index (χ0v) is 11.7. The highest BCUT2D eigenvalue weighted by atomic mass is 35.5. The minimum atomic E-state index is 0.437. The van der Waals surface area contributed by atoms with Gasteiger partial charge in [0.15, 0.2) is 0 Å². The van der Waals surface area contributed by atoms with Crippen molar-refractivity contribution in [3.63, 3.8) is 0 Å². The monoisotopic (exact) mass is 287 g/mol. The molecule has 0 heterocycles. The summed E-state index contributed by atoms with van der Waals surface area (Å²) in [4.78, 5) is 0. The normalized spacial score (nSPS) is 9.85. The van der Waals surface area contributed by atoms with E-state index in [0.717, 1.165) is 5.56 Å². The van der Waals surface area contributed by atoms with Gasteiger partial charge in [-0.15, -0.1) is 0 Å². The van der Waals surface area contributed by atoms with Crippen LogP contribution >= 0.6 is 11.6 Å². The molecule has 0 aliphatic heterocycles. The van der Waals surface area contributed by atoms with E-state index in [1.807, 2.05) is 24.3 Å². The lowest BCUT2D eigenvalue weighted by atomic mass is 10.1. The van der Waals surface area contributed by atoms with Crippen LogP contribution in [0.5, 0.6) is 5.75 Å². The van der Waals surface area contributed by atoms with Crippen molar-refractivity contribution in [3.8, 4) is 11.8 Å². The molecular formula is C15H14ClN3O. The Balaban J connectivity index is 2.15. The summed E-state index contributed by atoms with van der Waals surface area (Å²) in [6.07, 6.45) is 0. The summed E-state index contributed by atoms with van der Waals surface area (Å²) < 4.78 is 5.11. The second-order valence-electron chi connectivity index (χ2n) is 4.20. The molecule has 0 fully saturated rings. The Morgan fingerprint density at radius 3 is 2.80 bits per heavy atom. The molecule has 0 spiro atoms. The first-order chi connectivity index (χ1) is 9.65. The van der Waals surface area contributed by atoms with Crippen LogP contribution in [0.2, 0.25) is 5.02 Å².